The summed E-state index contributed by atoms with van der Waals surface area (Å²) < 4.78 is 0. The van der Waals surface area contributed by atoms with Crippen molar-refractivity contribution in [2.75, 3.05) is 29.9 Å². The van der Waals surface area contributed by atoms with Crippen molar-refractivity contribution in [3.63, 3.8) is 0 Å². The number of rotatable bonds is 4. The molecule has 0 fully saturated rings. The zero-order valence-corrected chi connectivity index (χ0v) is 13.7. The number of fused-ring (bicyclic) bond motifs is 1. The van der Waals surface area contributed by atoms with E-state index < -0.39 is 0 Å². The molecule has 5 heteroatoms. The van der Waals surface area contributed by atoms with Crippen LogP contribution < -0.4 is 15.5 Å². The monoisotopic (exact) mass is 323 g/mol. The number of anilines is 2. The fraction of sp³-hybridized carbons (Fsp3) is 0.263. The number of carbonyl (C=O) groups excluding carboxylic acids is 2. The number of benzene rings is 2. The average molecular weight is 323 g/mol. The Balaban J connectivity index is 1.75. The topological polar surface area (TPSA) is 61.4 Å². The van der Waals surface area contributed by atoms with Crippen molar-refractivity contribution in [2.45, 2.75) is 13.5 Å². The molecule has 1 aliphatic heterocycles. The lowest BCUT2D eigenvalue weighted by Gasteiger charge is -2.24. The molecular formula is C19H21N3O2. The molecule has 3 rings (SSSR count). The van der Waals surface area contributed by atoms with Crippen LogP contribution in [-0.2, 0) is 11.3 Å². The molecule has 2 aromatic carbocycles. The quantitative estimate of drug-likeness (QED) is 0.849. The molecular weight excluding hydrogens is 302 g/mol. The van der Waals surface area contributed by atoms with Gasteiger partial charge in [0.25, 0.3) is 0 Å². The van der Waals surface area contributed by atoms with Gasteiger partial charge in [-0.05, 0) is 30.7 Å². The van der Waals surface area contributed by atoms with Crippen LogP contribution in [0, 0.1) is 0 Å². The van der Waals surface area contributed by atoms with Gasteiger partial charge in [0.15, 0.2) is 5.78 Å². The van der Waals surface area contributed by atoms with E-state index in [1.807, 2.05) is 24.3 Å². The zero-order valence-electron chi connectivity index (χ0n) is 13.7. The highest BCUT2D eigenvalue weighted by molar-refractivity contribution is 6.04. The molecule has 1 heterocycles. The van der Waals surface area contributed by atoms with Crippen molar-refractivity contribution >= 4 is 23.1 Å². The summed E-state index contributed by atoms with van der Waals surface area (Å²) in [7, 11) is 0. The Kier molecular flexibility index (Phi) is 4.91. The van der Waals surface area contributed by atoms with E-state index in [1.165, 1.54) is 12.5 Å². The van der Waals surface area contributed by atoms with Gasteiger partial charge in [0, 0.05) is 30.9 Å². The van der Waals surface area contributed by atoms with Crippen molar-refractivity contribution in [3.05, 3.63) is 59.7 Å². The lowest BCUT2D eigenvalue weighted by Crippen LogP contribution is -2.36. The second-order valence-electron chi connectivity index (χ2n) is 5.88. The van der Waals surface area contributed by atoms with Gasteiger partial charge in [0.1, 0.15) is 0 Å². The van der Waals surface area contributed by atoms with Crippen LogP contribution in [0.25, 0.3) is 0 Å². The lowest BCUT2D eigenvalue weighted by molar-refractivity contribution is -0.115. The number of hydrogen-bond acceptors (Lipinski definition) is 4. The summed E-state index contributed by atoms with van der Waals surface area (Å²) in [4.78, 5) is 26.2. The van der Waals surface area contributed by atoms with Crippen LogP contribution in [0.2, 0.25) is 0 Å². The van der Waals surface area contributed by atoms with E-state index in [2.05, 4.69) is 21.6 Å². The minimum atomic E-state index is -0.125. The average Bonchev–Trinajstić information content (AvgIpc) is 2.78. The highest BCUT2D eigenvalue weighted by atomic mass is 16.2. The smallest absolute Gasteiger partial charge is 0.243 e. The van der Waals surface area contributed by atoms with Gasteiger partial charge in [-0.1, -0.05) is 30.3 Å². The van der Waals surface area contributed by atoms with E-state index in [9.17, 15) is 9.59 Å². The summed E-state index contributed by atoms with van der Waals surface area (Å²) in [6.07, 6.45) is 0. The summed E-state index contributed by atoms with van der Waals surface area (Å²) in [5, 5.41) is 6.23. The molecule has 0 bridgehead atoms. The molecule has 0 atom stereocenters. The van der Waals surface area contributed by atoms with Crippen LogP contribution in [-0.4, -0.2) is 31.3 Å². The van der Waals surface area contributed by atoms with Crippen molar-refractivity contribution in [1.29, 1.82) is 0 Å². The summed E-state index contributed by atoms with van der Waals surface area (Å²) in [5.74, 6) is -0.185. The Morgan fingerprint density at radius 2 is 1.88 bits per heavy atom. The minimum absolute atomic E-state index is 0.0600. The number of hydrogen-bond donors (Lipinski definition) is 2. The van der Waals surface area contributed by atoms with E-state index in [-0.39, 0.29) is 18.2 Å². The van der Waals surface area contributed by atoms with E-state index in [4.69, 9.17) is 0 Å². The molecule has 2 N–H and O–H groups in total. The van der Waals surface area contributed by atoms with E-state index in [0.29, 0.717) is 11.3 Å². The largest absolute Gasteiger partial charge is 0.361 e. The number of carbonyl (C=O) groups is 2. The first-order chi connectivity index (χ1) is 11.6. The molecule has 0 saturated carbocycles. The van der Waals surface area contributed by atoms with E-state index >= 15 is 0 Å². The predicted octanol–water partition coefficient (Wildman–Crippen LogP) is 2.44. The van der Waals surface area contributed by atoms with Gasteiger partial charge >= 0.3 is 0 Å². The fourth-order valence-electron chi connectivity index (χ4n) is 2.95. The predicted molar refractivity (Wildman–Crippen MR) is 95.4 cm³/mol. The van der Waals surface area contributed by atoms with Crippen LogP contribution in [0.3, 0.4) is 0 Å². The van der Waals surface area contributed by atoms with Gasteiger partial charge < -0.3 is 15.5 Å². The van der Waals surface area contributed by atoms with Crippen LogP contribution in [0.4, 0.5) is 11.4 Å². The standard InChI is InChI=1S/C19H21N3O2/c1-14(23)16-7-3-4-8-17(16)21-19(24)13-22-11-10-20-12-15-6-2-5-9-18(15)22/h2-9,20H,10-13H2,1H3,(H,21,24). The summed E-state index contributed by atoms with van der Waals surface area (Å²) in [6.45, 7) is 4.15. The van der Waals surface area contributed by atoms with Gasteiger partial charge in [-0.3, -0.25) is 9.59 Å². The summed E-state index contributed by atoms with van der Waals surface area (Å²) in [5.41, 5.74) is 3.37. The molecule has 0 spiro atoms. The van der Waals surface area contributed by atoms with Gasteiger partial charge in [-0.15, -0.1) is 0 Å². The molecule has 1 aliphatic rings. The van der Waals surface area contributed by atoms with Crippen LogP contribution in [0.1, 0.15) is 22.8 Å². The van der Waals surface area contributed by atoms with Crippen molar-refractivity contribution < 1.29 is 9.59 Å². The normalized spacial score (nSPS) is 13.8. The Bertz CT molecular complexity index is 758. The molecule has 0 saturated heterocycles. The molecule has 0 radical (unpaired) electrons. The number of para-hydroxylation sites is 2. The van der Waals surface area contributed by atoms with Crippen LogP contribution in [0.15, 0.2) is 48.5 Å². The Labute approximate surface area is 141 Å². The van der Waals surface area contributed by atoms with Gasteiger partial charge in [-0.25, -0.2) is 0 Å². The van der Waals surface area contributed by atoms with Crippen LogP contribution >= 0.6 is 0 Å². The SMILES string of the molecule is CC(=O)c1ccccc1NC(=O)CN1CCNCc2ccccc21. The molecule has 0 unspecified atom stereocenters. The molecule has 124 valence electrons. The van der Waals surface area contributed by atoms with E-state index in [1.54, 1.807) is 18.2 Å². The van der Waals surface area contributed by atoms with Gasteiger partial charge in [0.2, 0.25) is 5.91 Å². The third-order valence-corrected chi connectivity index (χ3v) is 4.12. The Morgan fingerprint density at radius 3 is 2.71 bits per heavy atom. The van der Waals surface area contributed by atoms with E-state index in [0.717, 1.165) is 25.3 Å². The maximum atomic E-state index is 12.5. The maximum Gasteiger partial charge on any atom is 0.243 e. The minimum Gasteiger partial charge on any atom is -0.361 e. The molecule has 0 aliphatic carbocycles. The second-order valence-corrected chi connectivity index (χ2v) is 5.88. The van der Waals surface area contributed by atoms with Crippen molar-refractivity contribution in [3.8, 4) is 0 Å². The molecule has 2 aromatic rings. The summed E-state index contributed by atoms with van der Waals surface area (Å²) >= 11 is 0. The van der Waals surface area contributed by atoms with Gasteiger partial charge in [-0.2, -0.15) is 0 Å². The maximum absolute atomic E-state index is 12.5. The molecule has 5 nitrogen and oxygen atoms in total. The first kappa shape index (κ1) is 16.2. The highest BCUT2D eigenvalue weighted by Crippen LogP contribution is 2.22. The third kappa shape index (κ3) is 3.63. The number of amides is 1. The number of Topliss-reactive ketones (excluding diaryl/α,β-unsaturated/α-hetero) is 1. The number of nitrogens with one attached hydrogen (secondary N) is 2. The lowest BCUT2D eigenvalue weighted by atomic mass is 10.1. The highest BCUT2D eigenvalue weighted by Gasteiger charge is 2.18. The number of ketones is 1. The van der Waals surface area contributed by atoms with Gasteiger partial charge in [0.05, 0.1) is 12.2 Å². The Hall–Kier alpha value is -2.66. The summed E-state index contributed by atoms with van der Waals surface area (Å²) in [6, 6.07) is 15.2. The first-order valence-corrected chi connectivity index (χ1v) is 8.08. The fourth-order valence-corrected chi connectivity index (χ4v) is 2.95. The van der Waals surface area contributed by atoms with Crippen molar-refractivity contribution in [1.82, 2.24) is 5.32 Å². The molecule has 1 amide bonds. The van der Waals surface area contributed by atoms with Crippen LogP contribution in [0.5, 0.6) is 0 Å². The second kappa shape index (κ2) is 7.27. The Morgan fingerprint density at radius 1 is 1.12 bits per heavy atom. The third-order valence-electron chi connectivity index (χ3n) is 4.12. The zero-order chi connectivity index (χ0) is 16.9. The molecule has 24 heavy (non-hydrogen) atoms. The molecule has 0 aromatic heterocycles. The first-order valence-electron chi connectivity index (χ1n) is 8.08. The van der Waals surface area contributed by atoms with Crippen molar-refractivity contribution in [2.24, 2.45) is 0 Å². The number of nitrogens with zero attached hydrogens (tertiary/aromatic N) is 1.